The maximum atomic E-state index is 12.0. The molecule has 4 rings (SSSR count). The number of aromatic nitrogens is 3. The molecule has 2 heterocycles. The Morgan fingerprint density at radius 2 is 1.79 bits per heavy atom. The third-order valence-corrected chi connectivity index (χ3v) is 6.46. The van der Waals surface area contributed by atoms with Crippen LogP contribution >= 0.6 is 0 Å². The molecule has 0 saturated heterocycles. The Morgan fingerprint density at radius 1 is 1.08 bits per heavy atom. The molecule has 38 heavy (non-hydrogen) atoms. The lowest BCUT2D eigenvalue weighted by atomic mass is 9.95. The topological polar surface area (TPSA) is 65.7 Å². The molecule has 0 unspecified atom stereocenters. The van der Waals surface area contributed by atoms with Gasteiger partial charge in [0.15, 0.2) is 11.5 Å². The van der Waals surface area contributed by atoms with Crippen LogP contribution in [0.3, 0.4) is 0 Å². The van der Waals surface area contributed by atoms with Gasteiger partial charge in [-0.25, -0.2) is 9.50 Å². The maximum absolute atomic E-state index is 12.0. The van der Waals surface area contributed by atoms with Crippen molar-refractivity contribution >= 4 is 11.6 Å². The van der Waals surface area contributed by atoms with Crippen LogP contribution in [0.25, 0.3) is 16.8 Å². The van der Waals surface area contributed by atoms with Crippen LogP contribution in [0.15, 0.2) is 54.7 Å². The minimum absolute atomic E-state index is 0.210. The molecule has 0 spiro atoms. The molecule has 0 amide bonds. The molecule has 2 aromatic heterocycles. The second kappa shape index (κ2) is 12.0. The first-order chi connectivity index (χ1) is 18.3. The minimum Gasteiger partial charge on any atom is -0.489 e. The van der Waals surface area contributed by atoms with E-state index in [1.165, 1.54) is 16.7 Å². The normalized spacial score (nSPS) is 11.8. The maximum Gasteiger partial charge on any atom is 0.307 e. The van der Waals surface area contributed by atoms with Gasteiger partial charge >= 0.3 is 5.97 Å². The van der Waals surface area contributed by atoms with E-state index in [0.717, 1.165) is 33.9 Å². The molecule has 0 radical (unpaired) electrons. The minimum atomic E-state index is -0.246. The predicted molar refractivity (Wildman–Crippen MR) is 150 cm³/mol. The lowest BCUT2D eigenvalue weighted by molar-refractivity contribution is -0.143. The third-order valence-electron chi connectivity index (χ3n) is 6.46. The molecule has 4 aromatic rings. The highest BCUT2D eigenvalue weighted by atomic mass is 16.5. The van der Waals surface area contributed by atoms with Crippen molar-refractivity contribution in [2.45, 2.75) is 66.4 Å². The van der Waals surface area contributed by atoms with E-state index in [4.69, 9.17) is 19.6 Å². The summed E-state index contributed by atoms with van der Waals surface area (Å²) in [7, 11) is 0. The van der Waals surface area contributed by atoms with Gasteiger partial charge in [0.1, 0.15) is 12.4 Å². The number of esters is 1. The zero-order chi connectivity index (χ0) is 27.2. The molecule has 0 bridgehead atoms. The first-order valence-corrected chi connectivity index (χ1v) is 13.1. The Morgan fingerprint density at radius 3 is 2.42 bits per heavy atom. The molecule has 2 aromatic carbocycles. The summed E-state index contributed by atoms with van der Waals surface area (Å²) in [5.74, 6) is 7.37. The summed E-state index contributed by atoms with van der Waals surface area (Å²) in [4.78, 5) is 16.9. The molecule has 0 aliphatic rings. The highest BCUT2D eigenvalue weighted by Crippen LogP contribution is 2.32. The van der Waals surface area contributed by atoms with Gasteiger partial charge in [-0.15, -0.1) is 5.92 Å². The number of pyridine rings is 1. The molecule has 0 aliphatic carbocycles. The zero-order valence-electron chi connectivity index (χ0n) is 23.0. The summed E-state index contributed by atoms with van der Waals surface area (Å²) in [6, 6.07) is 16.2. The number of ether oxygens (including phenoxy) is 2. The van der Waals surface area contributed by atoms with Gasteiger partial charge in [-0.2, -0.15) is 5.10 Å². The van der Waals surface area contributed by atoms with Crippen LogP contribution in [-0.4, -0.2) is 27.2 Å². The van der Waals surface area contributed by atoms with E-state index in [1.807, 2.05) is 35.0 Å². The van der Waals surface area contributed by atoms with Crippen LogP contribution in [-0.2, 0) is 16.1 Å². The number of carbonyl (C=O) groups excluding carboxylic acids is 1. The largest absolute Gasteiger partial charge is 0.489 e. The highest BCUT2D eigenvalue weighted by Gasteiger charge is 2.18. The average Bonchev–Trinajstić information content (AvgIpc) is 3.32. The molecular weight excluding hydrogens is 474 g/mol. The van der Waals surface area contributed by atoms with Crippen LogP contribution in [0.1, 0.15) is 74.0 Å². The summed E-state index contributed by atoms with van der Waals surface area (Å²) >= 11 is 0. The van der Waals surface area contributed by atoms with E-state index in [0.29, 0.717) is 13.2 Å². The fourth-order valence-electron chi connectivity index (χ4n) is 4.58. The Bertz CT molecular complexity index is 1470. The highest BCUT2D eigenvalue weighted by molar-refractivity contribution is 5.82. The van der Waals surface area contributed by atoms with E-state index in [2.05, 4.69) is 63.8 Å². The van der Waals surface area contributed by atoms with Gasteiger partial charge in [0.2, 0.25) is 0 Å². The van der Waals surface area contributed by atoms with Crippen LogP contribution < -0.4 is 4.74 Å². The summed E-state index contributed by atoms with van der Waals surface area (Å²) in [5, 5.41) is 4.76. The number of nitrogens with zero attached hydrogens (tertiary/aromatic N) is 3. The van der Waals surface area contributed by atoms with Crippen LogP contribution in [0.2, 0.25) is 0 Å². The standard InChI is InChI=1S/C32H35N3O3/c1-7-10-26(18-29(36)37-8-2)25-13-15-27(16-14-25)38-20-24-17-28(30-22(5)11-9-12-23(30)6)32-33-31(21(3)4)34-35(32)19-24/h9,11-17,19,21,26H,8,18,20H2,1-6H3/t26-/m0/s1. The number of benzene rings is 2. The van der Waals surface area contributed by atoms with Crippen molar-refractivity contribution in [3.8, 4) is 28.7 Å². The molecule has 0 N–H and O–H groups in total. The second-order valence-electron chi connectivity index (χ2n) is 9.74. The number of aryl methyl sites for hydroxylation is 2. The van der Waals surface area contributed by atoms with Crippen molar-refractivity contribution in [3.63, 3.8) is 0 Å². The van der Waals surface area contributed by atoms with E-state index in [1.54, 1.807) is 13.8 Å². The Balaban J connectivity index is 1.60. The van der Waals surface area contributed by atoms with E-state index in [9.17, 15) is 4.79 Å². The Kier molecular flexibility index (Phi) is 8.48. The quantitative estimate of drug-likeness (QED) is 0.184. The van der Waals surface area contributed by atoms with Crippen LogP contribution in [0.5, 0.6) is 5.75 Å². The number of hydrogen-bond donors (Lipinski definition) is 0. The van der Waals surface area contributed by atoms with E-state index < -0.39 is 0 Å². The van der Waals surface area contributed by atoms with Crippen LogP contribution in [0.4, 0.5) is 0 Å². The zero-order valence-corrected chi connectivity index (χ0v) is 23.0. The molecule has 6 heteroatoms. The number of carbonyl (C=O) groups is 1. The van der Waals surface area contributed by atoms with Crippen molar-refractivity contribution in [2.24, 2.45) is 0 Å². The molecular formula is C32H35N3O3. The van der Waals surface area contributed by atoms with Gasteiger partial charge in [-0.3, -0.25) is 4.79 Å². The van der Waals surface area contributed by atoms with Crippen molar-refractivity contribution in [2.75, 3.05) is 6.61 Å². The van der Waals surface area contributed by atoms with Crippen LogP contribution in [0, 0.1) is 25.7 Å². The molecule has 196 valence electrons. The molecule has 0 saturated carbocycles. The summed E-state index contributed by atoms with van der Waals surface area (Å²) in [5.41, 5.74) is 7.43. The van der Waals surface area contributed by atoms with Crippen molar-refractivity contribution in [1.82, 2.24) is 14.6 Å². The van der Waals surface area contributed by atoms with Gasteiger partial charge in [0.05, 0.1) is 18.9 Å². The smallest absolute Gasteiger partial charge is 0.307 e. The third kappa shape index (κ3) is 6.06. The number of rotatable bonds is 9. The van der Waals surface area contributed by atoms with Crippen molar-refractivity contribution in [3.05, 3.63) is 82.8 Å². The van der Waals surface area contributed by atoms with Gasteiger partial charge in [0, 0.05) is 23.2 Å². The lowest BCUT2D eigenvalue weighted by Gasteiger charge is -2.14. The Labute approximate surface area is 225 Å². The van der Waals surface area contributed by atoms with Gasteiger partial charge in [0.25, 0.3) is 0 Å². The summed E-state index contributed by atoms with van der Waals surface area (Å²) in [6.45, 7) is 12.8. The molecule has 1 atom stereocenters. The van der Waals surface area contributed by atoms with Gasteiger partial charge in [-0.05, 0) is 68.1 Å². The average molecular weight is 510 g/mol. The van der Waals surface area contributed by atoms with Gasteiger partial charge < -0.3 is 9.47 Å². The molecule has 0 aliphatic heterocycles. The Hall–Kier alpha value is -4.11. The number of hydrogen-bond acceptors (Lipinski definition) is 5. The fraction of sp³-hybridized carbons (Fsp3) is 0.344. The summed E-state index contributed by atoms with van der Waals surface area (Å²) in [6.07, 6.45) is 2.22. The molecule has 6 nitrogen and oxygen atoms in total. The van der Waals surface area contributed by atoms with E-state index >= 15 is 0 Å². The monoisotopic (exact) mass is 509 g/mol. The fourth-order valence-corrected chi connectivity index (χ4v) is 4.58. The second-order valence-corrected chi connectivity index (χ2v) is 9.74. The first kappa shape index (κ1) is 26.9. The lowest BCUT2D eigenvalue weighted by Crippen LogP contribution is -2.09. The van der Waals surface area contributed by atoms with Crippen molar-refractivity contribution < 1.29 is 14.3 Å². The van der Waals surface area contributed by atoms with Crippen molar-refractivity contribution in [1.29, 1.82) is 0 Å². The number of fused-ring (bicyclic) bond motifs is 1. The van der Waals surface area contributed by atoms with Gasteiger partial charge in [-0.1, -0.05) is 50.1 Å². The molecule has 0 fully saturated rings. The first-order valence-electron chi connectivity index (χ1n) is 13.1. The van der Waals surface area contributed by atoms with E-state index in [-0.39, 0.29) is 24.2 Å². The predicted octanol–water partition coefficient (Wildman–Crippen LogP) is 6.78. The SMILES string of the molecule is CC#C[C@@H](CC(=O)OCC)c1ccc(OCc2cc(-c3c(C)cccc3C)c3nc(C(C)C)nn3c2)cc1. The summed E-state index contributed by atoms with van der Waals surface area (Å²) < 4.78 is 13.2.